The molecule has 0 radical (unpaired) electrons. The van der Waals surface area contributed by atoms with Crippen molar-refractivity contribution in [2.45, 2.75) is 19.4 Å². The number of amides is 1. The van der Waals surface area contributed by atoms with E-state index in [1.54, 1.807) is 30.2 Å². The fraction of sp³-hybridized carbons (Fsp3) is 0.304. The lowest BCUT2D eigenvalue weighted by atomic mass is 9.95. The topological polar surface area (TPSA) is 67.4 Å². The number of hydrogen-bond acceptors (Lipinski definition) is 4. The Morgan fingerprint density at radius 1 is 1.17 bits per heavy atom. The van der Waals surface area contributed by atoms with Crippen LogP contribution in [0.15, 0.2) is 48.5 Å². The van der Waals surface area contributed by atoms with E-state index >= 15 is 0 Å². The molecule has 1 N–H and O–H groups in total. The van der Waals surface area contributed by atoms with Crippen LogP contribution in [0.3, 0.4) is 0 Å². The van der Waals surface area contributed by atoms with Crippen molar-refractivity contribution >= 4 is 5.91 Å². The molecule has 3 aromatic rings. The molecule has 2 aromatic carbocycles. The molecule has 1 aliphatic heterocycles. The van der Waals surface area contributed by atoms with E-state index in [0.717, 1.165) is 11.3 Å². The van der Waals surface area contributed by atoms with Gasteiger partial charge in [0.05, 0.1) is 18.3 Å². The average Bonchev–Trinajstić information content (AvgIpc) is 3.29. The number of nitrogens with zero attached hydrogens (tertiary/aromatic N) is 2. The Hall–Kier alpha value is -3.19. The zero-order chi connectivity index (χ0) is 21.1. The normalized spacial score (nSPS) is 15.5. The van der Waals surface area contributed by atoms with Crippen LogP contribution in [0.25, 0.3) is 11.3 Å². The Balaban J connectivity index is 1.78. The van der Waals surface area contributed by atoms with Crippen LogP contribution in [0.5, 0.6) is 5.75 Å². The molecule has 0 fully saturated rings. The van der Waals surface area contributed by atoms with Crippen molar-refractivity contribution in [3.05, 3.63) is 71.2 Å². The number of rotatable bonds is 8. The molecule has 0 spiro atoms. The van der Waals surface area contributed by atoms with Crippen molar-refractivity contribution in [1.82, 2.24) is 15.1 Å². The summed E-state index contributed by atoms with van der Waals surface area (Å²) in [6.07, 6.45) is 0.656. The summed E-state index contributed by atoms with van der Waals surface area (Å²) in [5, 5.41) is 7.30. The maximum absolute atomic E-state index is 14.8. The molecule has 0 saturated carbocycles. The fourth-order valence-corrected chi connectivity index (χ4v) is 3.92. The zero-order valence-corrected chi connectivity index (χ0v) is 17.0. The molecule has 7 heteroatoms. The summed E-state index contributed by atoms with van der Waals surface area (Å²) in [5.74, 6) is 0.231. The predicted molar refractivity (Wildman–Crippen MR) is 111 cm³/mol. The number of H-pyrrole nitrogens is 1. The molecule has 1 aliphatic rings. The van der Waals surface area contributed by atoms with E-state index in [0.29, 0.717) is 48.7 Å². The number of hydrogen-bond donors (Lipinski definition) is 1. The van der Waals surface area contributed by atoms with Gasteiger partial charge in [-0.15, -0.1) is 0 Å². The summed E-state index contributed by atoms with van der Waals surface area (Å²) in [5.41, 5.74) is 3.04. The molecule has 2 heterocycles. The molecule has 1 unspecified atom stereocenters. The molecular formula is C23H24FN3O3. The minimum absolute atomic E-state index is 0.181. The first-order valence-corrected chi connectivity index (χ1v) is 10.0. The predicted octanol–water partition coefficient (Wildman–Crippen LogP) is 4.20. The standard InChI is InChI=1S/C23H24FN3O3/c1-3-30-16-11-9-15(10-12-16)20-19-21(26-25-20)23(28)27(13-6-14-29-2)22(19)17-7-4-5-8-18(17)24/h4-5,7-12,22H,3,6,13-14H2,1-2H3,(H,25,26). The van der Waals surface area contributed by atoms with Crippen molar-refractivity contribution in [3.63, 3.8) is 0 Å². The first-order chi connectivity index (χ1) is 14.7. The summed E-state index contributed by atoms with van der Waals surface area (Å²) in [6.45, 7) is 3.48. The highest BCUT2D eigenvalue weighted by molar-refractivity contribution is 6.00. The Morgan fingerprint density at radius 2 is 1.93 bits per heavy atom. The second kappa shape index (κ2) is 8.67. The maximum Gasteiger partial charge on any atom is 0.273 e. The van der Waals surface area contributed by atoms with E-state index in [1.165, 1.54) is 6.07 Å². The summed E-state index contributed by atoms with van der Waals surface area (Å²) in [7, 11) is 1.62. The second-order valence-corrected chi connectivity index (χ2v) is 7.09. The summed E-state index contributed by atoms with van der Waals surface area (Å²) in [6, 6.07) is 13.6. The summed E-state index contributed by atoms with van der Waals surface area (Å²) in [4.78, 5) is 14.8. The van der Waals surface area contributed by atoms with E-state index in [4.69, 9.17) is 9.47 Å². The highest BCUT2D eigenvalue weighted by Gasteiger charge is 2.42. The molecule has 0 bridgehead atoms. The first-order valence-electron chi connectivity index (χ1n) is 10.0. The van der Waals surface area contributed by atoms with Gasteiger partial charge < -0.3 is 14.4 Å². The molecule has 30 heavy (non-hydrogen) atoms. The number of methoxy groups -OCH3 is 1. The molecule has 0 aliphatic carbocycles. The second-order valence-electron chi connectivity index (χ2n) is 7.09. The van der Waals surface area contributed by atoms with Crippen LogP contribution in [0.2, 0.25) is 0 Å². The minimum atomic E-state index is -0.550. The largest absolute Gasteiger partial charge is 0.494 e. The van der Waals surface area contributed by atoms with E-state index in [9.17, 15) is 9.18 Å². The van der Waals surface area contributed by atoms with Gasteiger partial charge in [0.25, 0.3) is 5.91 Å². The molecule has 1 amide bonds. The third-order valence-electron chi connectivity index (χ3n) is 5.25. The van der Waals surface area contributed by atoms with Gasteiger partial charge in [0.15, 0.2) is 0 Å². The van der Waals surface area contributed by atoms with Crippen LogP contribution in [-0.2, 0) is 4.74 Å². The molecular weight excluding hydrogens is 385 g/mol. The highest BCUT2D eigenvalue weighted by Crippen LogP contribution is 2.43. The number of aromatic amines is 1. The van der Waals surface area contributed by atoms with Crippen molar-refractivity contribution in [2.24, 2.45) is 0 Å². The third kappa shape index (κ3) is 3.57. The van der Waals surface area contributed by atoms with Crippen LogP contribution in [0.1, 0.15) is 41.0 Å². The van der Waals surface area contributed by atoms with Crippen molar-refractivity contribution in [3.8, 4) is 17.0 Å². The number of ether oxygens (including phenoxy) is 2. The minimum Gasteiger partial charge on any atom is -0.494 e. The van der Waals surface area contributed by atoms with Gasteiger partial charge in [-0.05, 0) is 43.7 Å². The lowest BCUT2D eigenvalue weighted by Crippen LogP contribution is -2.31. The van der Waals surface area contributed by atoms with Crippen molar-refractivity contribution < 1.29 is 18.7 Å². The number of aromatic nitrogens is 2. The number of nitrogens with one attached hydrogen (secondary N) is 1. The Kier molecular flexibility index (Phi) is 5.81. The SMILES string of the molecule is CCOc1ccc(-c2n[nH]c3c2C(c2ccccc2F)N(CCCOC)C3=O)cc1. The smallest absolute Gasteiger partial charge is 0.273 e. The van der Waals surface area contributed by atoms with Gasteiger partial charge in [-0.3, -0.25) is 9.89 Å². The molecule has 6 nitrogen and oxygen atoms in total. The lowest BCUT2D eigenvalue weighted by Gasteiger charge is -2.26. The number of fused-ring (bicyclic) bond motifs is 1. The van der Waals surface area contributed by atoms with Crippen LogP contribution in [0, 0.1) is 5.82 Å². The van der Waals surface area contributed by atoms with Gasteiger partial charge in [0.1, 0.15) is 17.3 Å². The number of benzene rings is 2. The van der Waals surface area contributed by atoms with Crippen LogP contribution in [0.4, 0.5) is 4.39 Å². The maximum atomic E-state index is 14.8. The molecule has 1 atom stereocenters. The number of carbonyl (C=O) groups is 1. The quantitative estimate of drug-likeness (QED) is 0.567. The Labute approximate surface area is 174 Å². The van der Waals surface area contributed by atoms with Crippen LogP contribution >= 0.6 is 0 Å². The van der Waals surface area contributed by atoms with E-state index in [2.05, 4.69) is 10.2 Å². The van der Waals surface area contributed by atoms with Gasteiger partial charge in [-0.25, -0.2) is 4.39 Å². The van der Waals surface area contributed by atoms with Crippen LogP contribution in [-0.4, -0.2) is 47.9 Å². The Morgan fingerprint density at radius 3 is 2.63 bits per heavy atom. The van der Waals surface area contributed by atoms with Gasteiger partial charge in [-0.2, -0.15) is 5.10 Å². The average molecular weight is 409 g/mol. The number of carbonyl (C=O) groups excluding carboxylic acids is 1. The van der Waals surface area contributed by atoms with Crippen molar-refractivity contribution in [1.29, 1.82) is 0 Å². The summed E-state index contributed by atoms with van der Waals surface area (Å²) >= 11 is 0. The lowest BCUT2D eigenvalue weighted by molar-refractivity contribution is 0.0721. The molecule has 0 saturated heterocycles. The van der Waals surface area contributed by atoms with Gasteiger partial charge in [0, 0.05) is 37.0 Å². The molecule has 4 rings (SSSR count). The highest BCUT2D eigenvalue weighted by atomic mass is 19.1. The van der Waals surface area contributed by atoms with Crippen molar-refractivity contribution in [2.75, 3.05) is 26.9 Å². The van der Waals surface area contributed by atoms with E-state index < -0.39 is 6.04 Å². The molecule has 1 aromatic heterocycles. The summed E-state index contributed by atoms with van der Waals surface area (Å²) < 4.78 is 25.4. The van der Waals surface area contributed by atoms with Gasteiger partial charge >= 0.3 is 0 Å². The number of halogens is 1. The Bertz CT molecular complexity index is 1030. The van der Waals surface area contributed by atoms with E-state index in [-0.39, 0.29) is 11.7 Å². The third-order valence-corrected chi connectivity index (χ3v) is 5.25. The molecule has 156 valence electrons. The van der Waals surface area contributed by atoms with E-state index in [1.807, 2.05) is 31.2 Å². The fourth-order valence-electron chi connectivity index (χ4n) is 3.92. The van der Waals surface area contributed by atoms with Gasteiger partial charge in [-0.1, -0.05) is 18.2 Å². The first kappa shape index (κ1) is 20.1. The van der Waals surface area contributed by atoms with Gasteiger partial charge in [0.2, 0.25) is 0 Å². The van der Waals surface area contributed by atoms with Crippen LogP contribution < -0.4 is 4.74 Å². The zero-order valence-electron chi connectivity index (χ0n) is 17.0. The monoisotopic (exact) mass is 409 g/mol.